The summed E-state index contributed by atoms with van der Waals surface area (Å²) in [6.45, 7) is 45.9. The van der Waals surface area contributed by atoms with E-state index < -0.39 is 8.07 Å². The minimum absolute atomic E-state index is 0.000449. The van der Waals surface area contributed by atoms with Crippen LogP contribution in [-0.2, 0) is 27.1 Å². The molecule has 1 aliphatic carbocycles. The Kier molecular flexibility index (Phi) is 11.5. The highest BCUT2D eigenvalue weighted by atomic mass is 32.1. The first kappa shape index (κ1) is 52.2. The van der Waals surface area contributed by atoms with E-state index in [1.807, 2.05) is 11.3 Å². The summed E-state index contributed by atoms with van der Waals surface area (Å²) in [6, 6.07) is 47.1. The summed E-state index contributed by atoms with van der Waals surface area (Å²) in [4.78, 5) is 8.33. The Bertz CT molecular complexity index is 3650. The number of aryl methyl sites for hydroxylation is 2. The van der Waals surface area contributed by atoms with Crippen LogP contribution in [0.5, 0.6) is 0 Å². The predicted octanol–water partition coefficient (Wildman–Crippen LogP) is 18.2. The van der Waals surface area contributed by atoms with Gasteiger partial charge in [-0.05, 0) is 153 Å². The third-order valence-corrected chi connectivity index (χ3v) is 22.4. The summed E-state index contributed by atoms with van der Waals surface area (Å²) in [5, 5.41) is 4.28. The molecule has 0 amide bonds. The smallest absolute Gasteiger partial charge is 0.252 e. The van der Waals surface area contributed by atoms with Crippen molar-refractivity contribution in [2.45, 2.75) is 189 Å². The second-order valence-electron chi connectivity index (χ2n) is 29.6. The van der Waals surface area contributed by atoms with Crippen LogP contribution in [0, 0.1) is 13.8 Å². The molecule has 0 spiro atoms. The molecule has 396 valence electrons. The number of anilines is 8. The van der Waals surface area contributed by atoms with Crippen LogP contribution >= 0.6 is 11.3 Å². The Morgan fingerprint density at radius 1 is 0.519 bits per heavy atom. The topological polar surface area (TPSA) is 9.72 Å². The lowest BCUT2D eigenvalue weighted by Gasteiger charge is -2.53. The molecule has 6 heteroatoms. The lowest BCUT2D eigenvalue weighted by atomic mass is 9.33. The zero-order valence-electron chi connectivity index (χ0n) is 50.1. The molecule has 4 aliphatic rings. The molecular weight excluding hydrogens is 966 g/mol. The fourth-order valence-corrected chi connectivity index (χ4v) is 16.8. The molecule has 2 unspecified atom stereocenters. The van der Waals surface area contributed by atoms with Crippen molar-refractivity contribution in [3.8, 4) is 0 Å². The van der Waals surface area contributed by atoms with E-state index in [4.69, 9.17) is 0 Å². The minimum atomic E-state index is -1.81. The van der Waals surface area contributed by atoms with E-state index >= 15 is 0 Å². The van der Waals surface area contributed by atoms with Crippen LogP contribution < -0.4 is 36.3 Å². The fraction of sp³-hybridized carbons (Fsp3) is 0.408. The van der Waals surface area contributed by atoms with E-state index in [-0.39, 0.29) is 39.3 Å². The van der Waals surface area contributed by atoms with Gasteiger partial charge in [0.25, 0.3) is 6.71 Å². The van der Waals surface area contributed by atoms with Crippen molar-refractivity contribution in [3.63, 3.8) is 0 Å². The number of benzene rings is 7. The molecule has 3 aliphatic heterocycles. The quantitative estimate of drug-likeness (QED) is 0.159. The third-order valence-electron chi connectivity index (χ3n) is 19.2. The largest absolute Gasteiger partial charge is 0.335 e. The van der Waals surface area contributed by atoms with Crippen molar-refractivity contribution < 1.29 is 0 Å². The number of thiophene rings is 1. The molecule has 12 rings (SSSR count). The van der Waals surface area contributed by atoms with Crippen molar-refractivity contribution in [2.24, 2.45) is 0 Å². The van der Waals surface area contributed by atoms with Crippen molar-refractivity contribution >= 4 is 113 Å². The van der Waals surface area contributed by atoms with Crippen molar-refractivity contribution in [3.05, 3.63) is 154 Å². The number of fused-ring (bicyclic) bond motifs is 11. The van der Waals surface area contributed by atoms with Gasteiger partial charge in [0.15, 0.2) is 0 Å². The number of rotatable bonds is 5. The van der Waals surface area contributed by atoms with Gasteiger partial charge < -0.3 is 14.7 Å². The first-order valence-corrected chi connectivity index (χ1v) is 33.3. The lowest BCUT2D eigenvalue weighted by Crippen LogP contribution is -2.65. The van der Waals surface area contributed by atoms with E-state index in [9.17, 15) is 0 Å². The molecule has 1 aromatic heterocycles. The average molecular weight is 1050 g/mol. The molecule has 8 aromatic rings. The Hall–Kier alpha value is -5.56. The zero-order chi connectivity index (χ0) is 55.1. The summed E-state index contributed by atoms with van der Waals surface area (Å²) >= 11 is 2.01. The van der Waals surface area contributed by atoms with Crippen LogP contribution in [0.1, 0.15) is 162 Å². The highest BCUT2D eigenvalue weighted by Crippen LogP contribution is 2.63. The maximum Gasteiger partial charge on any atom is 0.252 e. The molecule has 0 radical (unpaired) electrons. The van der Waals surface area contributed by atoms with Crippen LogP contribution in [0.4, 0.5) is 45.5 Å². The zero-order valence-corrected chi connectivity index (χ0v) is 51.9. The van der Waals surface area contributed by atoms with Gasteiger partial charge in [-0.25, -0.2) is 0 Å². The van der Waals surface area contributed by atoms with E-state index in [0.29, 0.717) is 0 Å². The SMILES string of the molecule is Cc1cc(C(C)(C)C)cc(C)c1N1c2cc(N(c3ccc(C(C)(C)C)cc3)c3ccc(C(C)(C)C)cc3)cc3c2B(c2cc([Si](C)(C)C)cc4c2N3C2(C)CCCCC42C)c2ccc3c(sc4cc(C(C)(C)C)ccc43)c21. The fourth-order valence-electron chi connectivity index (χ4n) is 14.3. The molecule has 0 saturated heterocycles. The number of hydrogen-bond acceptors (Lipinski definition) is 4. The Morgan fingerprint density at radius 3 is 1.61 bits per heavy atom. The van der Waals surface area contributed by atoms with Crippen LogP contribution in [0.3, 0.4) is 0 Å². The van der Waals surface area contributed by atoms with Gasteiger partial charge in [0.2, 0.25) is 0 Å². The second-order valence-corrected chi connectivity index (χ2v) is 35.7. The highest BCUT2D eigenvalue weighted by molar-refractivity contribution is 7.26. The first-order chi connectivity index (χ1) is 35.9. The maximum absolute atomic E-state index is 2.95. The molecule has 4 heterocycles. The van der Waals surface area contributed by atoms with Crippen LogP contribution in [0.15, 0.2) is 115 Å². The molecule has 0 N–H and O–H groups in total. The first-order valence-electron chi connectivity index (χ1n) is 29.0. The lowest BCUT2D eigenvalue weighted by molar-refractivity contribution is 0.195. The molecule has 77 heavy (non-hydrogen) atoms. The molecule has 3 nitrogen and oxygen atoms in total. The molecule has 2 atom stereocenters. The van der Waals surface area contributed by atoms with Crippen molar-refractivity contribution in [1.82, 2.24) is 0 Å². The van der Waals surface area contributed by atoms with Gasteiger partial charge in [-0.2, -0.15) is 0 Å². The highest BCUT2D eigenvalue weighted by Gasteiger charge is 2.62. The van der Waals surface area contributed by atoms with Crippen molar-refractivity contribution in [2.75, 3.05) is 14.7 Å². The summed E-state index contributed by atoms with van der Waals surface area (Å²) in [5.74, 6) is 0. The minimum Gasteiger partial charge on any atom is -0.335 e. The molecular formula is C71H84BN3SSi. The van der Waals surface area contributed by atoms with E-state index in [1.165, 1.54) is 135 Å². The summed E-state index contributed by atoms with van der Waals surface area (Å²) in [7, 11) is -1.81. The van der Waals surface area contributed by atoms with Gasteiger partial charge in [0, 0.05) is 49.3 Å². The normalized spacial score (nSPS) is 19.2. The van der Waals surface area contributed by atoms with Crippen LogP contribution in [0.2, 0.25) is 19.6 Å². The molecule has 1 fully saturated rings. The Labute approximate surface area is 468 Å². The van der Waals surface area contributed by atoms with Gasteiger partial charge in [0.1, 0.15) is 0 Å². The van der Waals surface area contributed by atoms with Gasteiger partial charge in [0.05, 0.1) is 35.4 Å². The predicted molar refractivity (Wildman–Crippen MR) is 343 cm³/mol. The summed E-state index contributed by atoms with van der Waals surface area (Å²) in [5.41, 5.74) is 24.3. The maximum atomic E-state index is 2.95. The summed E-state index contributed by atoms with van der Waals surface area (Å²) in [6.07, 6.45) is 4.85. The van der Waals surface area contributed by atoms with Crippen molar-refractivity contribution in [1.29, 1.82) is 0 Å². The standard InChI is InChI=1S/C71H84BN3SSi/c1-43-36-48(69(12,13)14)37-44(2)62(43)74-58-39-51(73(49-27-22-45(23-28-49)66(3,4)5)50-29-24-46(25-30-50)67(6,7)8)40-59-61(58)72(56-33-32-54-53-31-26-47(68(9,10)11)38-60(53)76-65(54)64(56)74)57-42-52(77(17,18)19)41-55-63(57)75(59)71(16)35-21-20-34-70(55,71)15/h22-33,36-42H,20-21,34-35H2,1-19H3. The third kappa shape index (κ3) is 7.89. The van der Waals surface area contributed by atoms with Gasteiger partial charge >= 0.3 is 0 Å². The molecule has 7 aromatic carbocycles. The Morgan fingerprint density at radius 2 is 1.05 bits per heavy atom. The summed E-state index contributed by atoms with van der Waals surface area (Å²) < 4.78 is 2.74. The second kappa shape index (κ2) is 17.0. The van der Waals surface area contributed by atoms with Gasteiger partial charge in [-0.15, -0.1) is 11.3 Å². The molecule has 0 bridgehead atoms. The van der Waals surface area contributed by atoms with E-state index in [0.717, 1.165) is 6.42 Å². The molecule has 1 saturated carbocycles. The van der Waals surface area contributed by atoms with Crippen LogP contribution in [-0.4, -0.2) is 20.3 Å². The van der Waals surface area contributed by atoms with Gasteiger partial charge in [-0.1, -0.05) is 200 Å². The van der Waals surface area contributed by atoms with E-state index in [1.54, 1.807) is 10.8 Å². The number of hydrogen-bond donors (Lipinski definition) is 0. The van der Waals surface area contributed by atoms with Gasteiger partial charge in [-0.3, -0.25) is 0 Å². The van der Waals surface area contributed by atoms with E-state index in [2.05, 4.69) is 260 Å². The monoisotopic (exact) mass is 1050 g/mol. The average Bonchev–Trinajstić information content (AvgIpc) is 4.10. The number of nitrogens with zero attached hydrogens (tertiary/aromatic N) is 3. The van der Waals surface area contributed by atoms with Crippen LogP contribution in [0.25, 0.3) is 20.2 Å². The Balaban J connectivity index is 1.26.